The second kappa shape index (κ2) is 7.45. The van der Waals surface area contributed by atoms with Crippen molar-refractivity contribution in [1.29, 1.82) is 0 Å². The number of halogens is 1. The first-order valence-electron chi connectivity index (χ1n) is 7.86. The predicted molar refractivity (Wildman–Crippen MR) is 103 cm³/mol. The maximum absolute atomic E-state index is 14.0. The summed E-state index contributed by atoms with van der Waals surface area (Å²) in [6, 6.07) is 6.10. The number of primary amides is 1. The van der Waals surface area contributed by atoms with Crippen LogP contribution in [0.1, 0.15) is 32.5 Å². The average molecular weight is 406 g/mol. The van der Waals surface area contributed by atoms with E-state index in [1.807, 2.05) is 0 Å². The van der Waals surface area contributed by atoms with Crippen molar-refractivity contribution in [3.05, 3.63) is 51.5 Å². The molecule has 1 aromatic carbocycles. The van der Waals surface area contributed by atoms with Gasteiger partial charge >= 0.3 is 5.97 Å². The van der Waals surface area contributed by atoms with E-state index in [9.17, 15) is 18.8 Å². The molecule has 27 heavy (non-hydrogen) atoms. The van der Waals surface area contributed by atoms with Gasteiger partial charge in [-0.15, -0.1) is 22.7 Å². The summed E-state index contributed by atoms with van der Waals surface area (Å²) in [4.78, 5) is 36.3. The van der Waals surface area contributed by atoms with E-state index in [4.69, 9.17) is 10.5 Å². The molecule has 3 rings (SSSR count). The summed E-state index contributed by atoms with van der Waals surface area (Å²) >= 11 is 2.24. The molecule has 3 aromatic rings. The van der Waals surface area contributed by atoms with Gasteiger partial charge < -0.3 is 15.8 Å². The van der Waals surface area contributed by atoms with Crippen LogP contribution in [0.3, 0.4) is 0 Å². The van der Waals surface area contributed by atoms with Crippen molar-refractivity contribution < 1.29 is 23.5 Å². The fraction of sp³-hybridized carbons (Fsp3) is 0.167. The zero-order valence-corrected chi connectivity index (χ0v) is 16.0. The Kier molecular flexibility index (Phi) is 5.24. The number of fused-ring (bicyclic) bond motifs is 1. The maximum atomic E-state index is 14.0. The molecule has 0 spiro atoms. The number of carbonyl (C=O) groups is 3. The summed E-state index contributed by atoms with van der Waals surface area (Å²) in [6.07, 6.45) is -1.12. The lowest BCUT2D eigenvalue weighted by molar-refractivity contribution is -0.123. The summed E-state index contributed by atoms with van der Waals surface area (Å²) in [6.45, 7) is 3.04. The highest BCUT2D eigenvalue weighted by molar-refractivity contribution is 7.21. The van der Waals surface area contributed by atoms with Gasteiger partial charge in [-0.2, -0.15) is 0 Å². The zero-order valence-electron chi connectivity index (χ0n) is 14.4. The van der Waals surface area contributed by atoms with Crippen LogP contribution in [0.2, 0.25) is 0 Å². The van der Waals surface area contributed by atoms with Gasteiger partial charge in [0.25, 0.3) is 11.8 Å². The second-order valence-corrected chi connectivity index (χ2v) is 7.70. The number of rotatable bonds is 5. The van der Waals surface area contributed by atoms with Gasteiger partial charge in [0.15, 0.2) is 6.10 Å². The third-order valence-corrected chi connectivity index (χ3v) is 5.98. The Morgan fingerprint density at radius 3 is 2.67 bits per heavy atom. The minimum atomic E-state index is -1.12. The van der Waals surface area contributed by atoms with Crippen molar-refractivity contribution in [2.45, 2.75) is 20.0 Å². The molecule has 0 fully saturated rings. The normalized spacial score (nSPS) is 12.0. The Morgan fingerprint density at radius 2 is 2.00 bits per heavy atom. The predicted octanol–water partition coefficient (Wildman–Crippen LogP) is 3.69. The molecule has 0 aliphatic carbocycles. The van der Waals surface area contributed by atoms with Gasteiger partial charge in [-0.25, -0.2) is 9.18 Å². The number of amides is 2. The van der Waals surface area contributed by atoms with Gasteiger partial charge in [0.1, 0.15) is 15.7 Å². The largest absolute Gasteiger partial charge is 0.448 e. The van der Waals surface area contributed by atoms with Gasteiger partial charge in [0.05, 0.1) is 5.56 Å². The number of thiophene rings is 2. The average Bonchev–Trinajstić information content (AvgIpc) is 3.20. The number of hydrogen-bond acceptors (Lipinski definition) is 6. The molecule has 2 aromatic heterocycles. The summed E-state index contributed by atoms with van der Waals surface area (Å²) in [7, 11) is 0. The molecule has 0 radical (unpaired) electrons. The number of benzene rings is 1. The first-order valence-corrected chi connectivity index (χ1v) is 9.56. The summed E-state index contributed by atoms with van der Waals surface area (Å²) in [5.41, 5.74) is 5.89. The van der Waals surface area contributed by atoms with E-state index < -0.39 is 29.7 Å². The van der Waals surface area contributed by atoms with Gasteiger partial charge in [0.2, 0.25) is 0 Å². The van der Waals surface area contributed by atoms with E-state index in [2.05, 4.69) is 5.32 Å². The SMILES string of the molecule is Cc1c(C(=O)OC(C)C(=O)Nc2sccc2C(N)=O)sc2cccc(F)c12. The number of carbonyl (C=O) groups excluding carboxylic acids is 3. The van der Waals surface area contributed by atoms with Crippen LogP contribution in [0.4, 0.5) is 9.39 Å². The molecule has 6 nitrogen and oxygen atoms in total. The van der Waals surface area contributed by atoms with Crippen LogP contribution in [0.5, 0.6) is 0 Å². The molecule has 0 bridgehead atoms. The number of ether oxygens (including phenoxy) is 1. The molecule has 0 saturated heterocycles. The number of nitrogens with one attached hydrogen (secondary N) is 1. The van der Waals surface area contributed by atoms with Crippen molar-refractivity contribution in [1.82, 2.24) is 0 Å². The van der Waals surface area contributed by atoms with Crippen LogP contribution in [0, 0.1) is 12.7 Å². The lowest BCUT2D eigenvalue weighted by Crippen LogP contribution is -2.30. The van der Waals surface area contributed by atoms with E-state index in [1.165, 1.54) is 19.1 Å². The van der Waals surface area contributed by atoms with Crippen LogP contribution in [-0.2, 0) is 9.53 Å². The molecule has 0 saturated carbocycles. The molecule has 1 unspecified atom stereocenters. The summed E-state index contributed by atoms with van der Waals surface area (Å²) in [5.74, 6) is -2.39. The maximum Gasteiger partial charge on any atom is 0.349 e. The Balaban J connectivity index is 1.75. The number of aryl methyl sites for hydroxylation is 1. The molecule has 2 amide bonds. The quantitative estimate of drug-likeness (QED) is 0.631. The molecule has 0 aliphatic rings. The fourth-order valence-electron chi connectivity index (χ4n) is 2.53. The zero-order chi connectivity index (χ0) is 19.7. The minimum Gasteiger partial charge on any atom is -0.448 e. The Hall–Kier alpha value is -2.78. The second-order valence-electron chi connectivity index (χ2n) is 5.73. The van der Waals surface area contributed by atoms with E-state index in [0.29, 0.717) is 15.6 Å². The lowest BCUT2D eigenvalue weighted by Gasteiger charge is -2.13. The van der Waals surface area contributed by atoms with Crippen LogP contribution in [0.25, 0.3) is 10.1 Å². The van der Waals surface area contributed by atoms with Crippen LogP contribution >= 0.6 is 22.7 Å². The van der Waals surface area contributed by atoms with Gasteiger partial charge in [0, 0.05) is 10.1 Å². The highest BCUT2D eigenvalue weighted by atomic mass is 32.1. The van der Waals surface area contributed by atoms with Gasteiger partial charge in [-0.05, 0) is 43.0 Å². The molecule has 3 N–H and O–H groups in total. The Morgan fingerprint density at radius 1 is 1.26 bits per heavy atom. The first-order chi connectivity index (χ1) is 12.8. The summed E-state index contributed by atoms with van der Waals surface area (Å²) < 4.78 is 19.8. The number of nitrogens with two attached hydrogens (primary N) is 1. The van der Waals surface area contributed by atoms with E-state index in [1.54, 1.807) is 24.4 Å². The minimum absolute atomic E-state index is 0.183. The van der Waals surface area contributed by atoms with Crippen LogP contribution in [0.15, 0.2) is 29.6 Å². The summed E-state index contributed by atoms with van der Waals surface area (Å²) in [5, 5.41) is 4.80. The van der Waals surface area contributed by atoms with E-state index >= 15 is 0 Å². The number of hydrogen-bond donors (Lipinski definition) is 2. The molecule has 140 valence electrons. The monoisotopic (exact) mass is 406 g/mol. The fourth-order valence-corrected chi connectivity index (χ4v) is 4.43. The molecule has 0 aliphatic heterocycles. The molecule has 2 heterocycles. The third-order valence-electron chi connectivity index (χ3n) is 3.91. The topological polar surface area (TPSA) is 98.5 Å². The molecule has 9 heteroatoms. The van der Waals surface area contributed by atoms with Crippen molar-refractivity contribution in [3.63, 3.8) is 0 Å². The lowest BCUT2D eigenvalue weighted by atomic mass is 10.1. The molecular formula is C18H15FN2O4S2. The van der Waals surface area contributed by atoms with Crippen molar-refractivity contribution in [2.24, 2.45) is 5.73 Å². The number of esters is 1. The number of anilines is 1. The van der Waals surface area contributed by atoms with Crippen molar-refractivity contribution >= 4 is 55.5 Å². The molecule has 1 atom stereocenters. The van der Waals surface area contributed by atoms with E-state index in [-0.39, 0.29) is 15.4 Å². The van der Waals surface area contributed by atoms with Gasteiger partial charge in [-0.1, -0.05) is 6.07 Å². The molecular weight excluding hydrogens is 391 g/mol. The third kappa shape index (κ3) is 3.69. The highest BCUT2D eigenvalue weighted by Crippen LogP contribution is 2.33. The highest BCUT2D eigenvalue weighted by Gasteiger charge is 2.24. The van der Waals surface area contributed by atoms with E-state index in [0.717, 1.165) is 22.7 Å². The first kappa shape index (κ1) is 19.0. The van der Waals surface area contributed by atoms with Crippen LogP contribution < -0.4 is 11.1 Å². The Bertz CT molecular complexity index is 1060. The van der Waals surface area contributed by atoms with Gasteiger partial charge in [-0.3, -0.25) is 9.59 Å². The standard InChI is InChI=1S/C18H15FN2O4S2/c1-8-13-11(19)4-3-5-12(13)27-14(8)18(24)25-9(2)16(23)21-17-10(15(20)22)6-7-26-17/h3-7,9H,1-2H3,(H2,20,22)(H,21,23). The smallest absolute Gasteiger partial charge is 0.349 e. The van der Waals surface area contributed by atoms with Crippen molar-refractivity contribution in [2.75, 3.05) is 5.32 Å². The Labute approximate surface area is 161 Å². The van der Waals surface area contributed by atoms with Crippen molar-refractivity contribution in [3.8, 4) is 0 Å². The van der Waals surface area contributed by atoms with Crippen LogP contribution in [-0.4, -0.2) is 23.9 Å².